The molecule has 0 unspecified atom stereocenters. The molecule has 1 heterocycles. The summed E-state index contributed by atoms with van der Waals surface area (Å²) in [6, 6.07) is 0. The van der Waals surface area contributed by atoms with Gasteiger partial charge in [-0.1, -0.05) is 0 Å². The number of rotatable bonds is 2. The maximum atomic E-state index is 11.8. The average molecular weight is 225 g/mol. The van der Waals surface area contributed by atoms with Crippen LogP contribution >= 0.6 is 0 Å². The highest BCUT2D eigenvalue weighted by molar-refractivity contribution is 5.76. The summed E-state index contributed by atoms with van der Waals surface area (Å²) in [5.41, 5.74) is 0. The van der Waals surface area contributed by atoms with Crippen LogP contribution in [0.25, 0.3) is 0 Å². The van der Waals surface area contributed by atoms with E-state index in [-0.39, 0.29) is 6.54 Å². The van der Waals surface area contributed by atoms with Gasteiger partial charge < -0.3 is 10.0 Å². The standard InChI is InChI=1S/C9H14F3NO2/c10-9(11,12)4-3-8(15)13-5-1-2-7(14)6-13/h7,14H,1-6H2/t7-/m0/s1. The lowest BCUT2D eigenvalue weighted by molar-refractivity contribution is -0.150. The van der Waals surface area contributed by atoms with Gasteiger partial charge in [0.2, 0.25) is 5.91 Å². The number of nitrogens with zero attached hydrogens (tertiary/aromatic N) is 1. The van der Waals surface area contributed by atoms with Crippen LogP contribution in [0.2, 0.25) is 0 Å². The van der Waals surface area contributed by atoms with Crippen molar-refractivity contribution < 1.29 is 23.1 Å². The van der Waals surface area contributed by atoms with Crippen LogP contribution in [0.5, 0.6) is 0 Å². The number of hydrogen-bond donors (Lipinski definition) is 1. The number of carbonyl (C=O) groups excluding carboxylic acids is 1. The number of β-amino-alcohol motifs (C(OH)–C–C–N with tert-alkyl or cyclic N) is 1. The monoisotopic (exact) mass is 225 g/mol. The van der Waals surface area contributed by atoms with E-state index in [4.69, 9.17) is 0 Å². The molecule has 1 fully saturated rings. The molecule has 1 N–H and O–H groups in total. The minimum atomic E-state index is -4.29. The van der Waals surface area contributed by atoms with E-state index in [1.165, 1.54) is 4.90 Å². The molecule has 0 saturated carbocycles. The molecule has 0 radical (unpaired) electrons. The lowest BCUT2D eigenvalue weighted by atomic mass is 10.1. The Morgan fingerprint density at radius 2 is 2.13 bits per heavy atom. The fourth-order valence-electron chi connectivity index (χ4n) is 1.59. The lowest BCUT2D eigenvalue weighted by Gasteiger charge is -2.30. The predicted molar refractivity (Wildman–Crippen MR) is 47.1 cm³/mol. The zero-order valence-electron chi connectivity index (χ0n) is 8.26. The molecular formula is C9H14F3NO2. The summed E-state index contributed by atoms with van der Waals surface area (Å²) < 4.78 is 35.5. The van der Waals surface area contributed by atoms with Crippen LogP contribution in [0.15, 0.2) is 0 Å². The van der Waals surface area contributed by atoms with Crippen LogP contribution in [-0.2, 0) is 4.79 Å². The summed E-state index contributed by atoms with van der Waals surface area (Å²) in [7, 11) is 0. The molecule has 6 heteroatoms. The quantitative estimate of drug-likeness (QED) is 0.769. The average Bonchev–Trinajstić information content (AvgIpc) is 2.13. The number of carbonyl (C=O) groups is 1. The smallest absolute Gasteiger partial charge is 0.389 e. The molecule has 15 heavy (non-hydrogen) atoms. The van der Waals surface area contributed by atoms with E-state index >= 15 is 0 Å². The molecule has 3 nitrogen and oxygen atoms in total. The van der Waals surface area contributed by atoms with E-state index in [0.29, 0.717) is 19.4 Å². The third-order valence-corrected chi connectivity index (χ3v) is 2.37. The van der Waals surface area contributed by atoms with Gasteiger partial charge in [-0.3, -0.25) is 4.79 Å². The van der Waals surface area contributed by atoms with Crippen molar-refractivity contribution in [2.45, 2.75) is 38.0 Å². The Kier molecular flexibility index (Phi) is 3.96. The van der Waals surface area contributed by atoms with Crippen LogP contribution < -0.4 is 0 Å². The van der Waals surface area contributed by atoms with E-state index in [0.717, 1.165) is 0 Å². The van der Waals surface area contributed by atoms with Gasteiger partial charge in [-0.05, 0) is 12.8 Å². The second kappa shape index (κ2) is 4.83. The van der Waals surface area contributed by atoms with Crippen molar-refractivity contribution in [2.24, 2.45) is 0 Å². The molecule has 0 bridgehead atoms. The Labute approximate surface area is 85.9 Å². The van der Waals surface area contributed by atoms with Crippen LogP contribution in [0.3, 0.4) is 0 Å². The SMILES string of the molecule is O=C(CCC(F)(F)F)N1CCC[C@H](O)C1. The summed E-state index contributed by atoms with van der Waals surface area (Å²) in [5, 5.41) is 9.24. The van der Waals surface area contributed by atoms with E-state index in [9.17, 15) is 23.1 Å². The molecule has 1 rings (SSSR count). The fraction of sp³-hybridized carbons (Fsp3) is 0.889. The molecule has 88 valence electrons. The second-order valence-electron chi connectivity index (χ2n) is 3.75. The number of aliphatic hydroxyl groups excluding tert-OH is 1. The van der Waals surface area contributed by atoms with Gasteiger partial charge in [-0.15, -0.1) is 0 Å². The topological polar surface area (TPSA) is 40.5 Å². The second-order valence-corrected chi connectivity index (χ2v) is 3.75. The highest BCUT2D eigenvalue weighted by atomic mass is 19.4. The van der Waals surface area contributed by atoms with Crippen LogP contribution in [0.1, 0.15) is 25.7 Å². The lowest BCUT2D eigenvalue weighted by Crippen LogP contribution is -2.42. The zero-order chi connectivity index (χ0) is 11.5. The summed E-state index contributed by atoms with van der Waals surface area (Å²) in [5.74, 6) is -0.522. The van der Waals surface area contributed by atoms with E-state index in [1.54, 1.807) is 0 Å². The first-order chi connectivity index (χ1) is 6.88. The number of aliphatic hydroxyl groups is 1. The molecule has 0 aromatic carbocycles. The number of likely N-dealkylation sites (tertiary alicyclic amines) is 1. The molecule has 0 aromatic heterocycles. The highest BCUT2D eigenvalue weighted by Crippen LogP contribution is 2.22. The molecule has 1 amide bonds. The van der Waals surface area contributed by atoms with Crippen molar-refractivity contribution in [3.05, 3.63) is 0 Å². The Morgan fingerprint density at radius 1 is 1.47 bits per heavy atom. The fourth-order valence-corrected chi connectivity index (χ4v) is 1.59. The van der Waals surface area contributed by atoms with Crippen molar-refractivity contribution in [3.63, 3.8) is 0 Å². The Hall–Kier alpha value is -0.780. The molecule has 1 aliphatic rings. The van der Waals surface area contributed by atoms with Crippen LogP contribution in [0.4, 0.5) is 13.2 Å². The minimum Gasteiger partial charge on any atom is -0.391 e. The Bertz CT molecular complexity index is 230. The summed E-state index contributed by atoms with van der Waals surface area (Å²) in [6.07, 6.45) is -5.21. The van der Waals surface area contributed by atoms with Gasteiger partial charge in [-0.2, -0.15) is 13.2 Å². The third-order valence-electron chi connectivity index (χ3n) is 2.37. The predicted octanol–water partition coefficient (Wildman–Crippen LogP) is 1.31. The number of hydrogen-bond acceptors (Lipinski definition) is 2. The largest absolute Gasteiger partial charge is 0.391 e. The van der Waals surface area contributed by atoms with E-state index in [1.807, 2.05) is 0 Å². The third kappa shape index (κ3) is 4.51. The first kappa shape index (κ1) is 12.3. The maximum absolute atomic E-state index is 11.8. The van der Waals surface area contributed by atoms with Gasteiger partial charge >= 0.3 is 6.18 Å². The number of piperidine rings is 1. The van der Waals surface area contributed by atoms with E-state index in [2.05, 4.69) is 0 Å². The molecule has 1 saturated heterocycles. The summed E-state index contributed by atoms with van der Waals surface area (Å²) in [4.78, 5) is 12.6. The molecule has 0 aliphatic carbocycles. The van der Waals surface area contributed by atoms with Gasteiger partial charge in [-0.25, -0.2) is 0 Å². The van der Waals surface area contributed by atoms with Crippen molar-refractivity contribution in [1.29, 1.82) is 0 Å². The Morgan fingerprint density at radius 3 is 2.67 bits per heavy atom. The van der Waals surface area contributed by atoms with Gasteiger partial charge in [0.1, 0.15) is 0 Å². The highest BCUT2D eigenvalue weighted by Gasteiger charge is 2.30. The maximum Gasteiger partial charge on any atom is 0.389 e. The first-order valence-corrected chi connectivity index (χ1v) is 4.91. The van der Waals surface area contributed by atoms with Gasteiger partial charge in [0, 0.05) is 19.5 Å². The van der Waals surface area contributed by atoms with Crippen LogP contribution in [0, 0.1) is 0 Å². The summed E-state index contributed by atoms with van der Waals surface area (Å²) in [6.45, 7) is 0.616. The van der Waals surface area contributed by atoms with Gasteiger partial charge in [0.15, 0.2) is 0 Å². The zero-order valence-corrected chi connectivity index (χ0v) is 8.26. The molecule has 1 aliphatic heterocycles. The molecular weight excluding hydrogens is 211 g/mol. The number of halogens is 3. The first-order valence-electron chi connectivity index (χ1n) is 4.91. The van der Waals surface area contributed by atoms with E-state index < -0.39 is 31.0 Å². The van der Waals surface area contributed by atoms with Crippen molar-refractivity contribution in [3.8, 4) is 0 Å². The molecule has 0 aromatic rings. The number of amides is 1. The normalized spacial score (nSPS) is 22.9. The Balaban J connectivity index is 2.33. The molecule has 1 atom stereocenters. The minimum absolute atomic E-state index is 0.163. The van der Waals surface area contributed by atoms with Gasteiger partial charge in [0.25, 0.3) is 0 Å². The molecule has 0 spiro atoms. The van der Waals surface area contributed by atoms with Crippen molar-refractivity contribution >= 4 is 5.91 Å². The van der Waals surface area contributed by atoms with Crippen LogP contribution in [-0.4, -0.2) is 41.3 Å². The van der Waals surface area contributed by atoms with Crippen molar-refractivity contribution in [1.82, 2.24) is 4.90 Å². The summed E-state index contributed by atoms with van der Waals surface area (Å²) >= 11 is 0. The van der Waals surface area contributed by atoms with Crippen molar-refractivity contribution in [2.75, 3.05) is 13.1 Å². The number of alkyl halides is 3. The van der Waals surface area contributed by atoms with Gasteiger partial charge in [0.05, 0.1) is 12.5 Å².